The second kappa shape index (κ2) is 7.94. The van der Waals surface area contributed by atoms with E-state index in [1.807, 2.05) is 31.2 Å². The first-order valence-corrected chi connectivity index (χ1v) is 9.26. The van der Waals surface area contributed by atoms with Gasteiger partial charge in [0.25, 0.3) is 5.91 Å². The molecule has 3 aromatic rings. The molecule has 1 saturated heterocycles. The lowest BCUT2D eigenvalue weighted by Gasteiger charge is -2.19. The van der Waals surface area contributed by atoms with E-state index < -0.39 is 0 Å². The van der Waals surface area contributed by atoms with Crippen LogP contribution in [0.3, 0.4) is 0 Å². The van der Waals surface area contributed by atoms with E-state index in [-0.39, 0.29) is 23.7 Å². The van der Waals surface area contributed by atoms with Crippen molar-refractivity contribution in [3.05, 3.63) is 77.4 Å². The first kappa shape index (κ1) is 18.4. The highest BCUT2D eigenvalue weighted by Crippen LogP contribution is 2.25. The van der Waals surface area contributed by atoms with E-state index in [1.54, 1.807) is 18.2 Å². The fourth-order valence-corrected chi connectivity index (χ4v) is 3.54. The van der Waals surface area contributed by atoms with Gasteiger partial charge in [-0.05, 0) is 36.2 Å². The number of benzene rings is 2. The highest BCUT2D eigenvalue weighted by molar-refractivity contribution is 6.01. The first-order valence-electron chi connectivity index (χ1n) is 9.26. The van der Waals surface area contributed by atoms with Crippen LogP contribution in [0.15, 0.2) is 59.1 Å². The molecule has 2 aromatic carbocycles. The lowest BCUT2D eigenvalue weighted by Crippen LogP contribution is -2.40. The Morgan fingerprint density at radius 1 is 1.18 bits per heavy atom. The molecule has 2 heterocycles. The number of carbonyl (C=O) groups excluding carboxylic acids is 1. The van der Waals surface area contributed by atoms with Crippen molar-refractivity contribution >= 4 is 5.91 Å². The summed E-state index contributed by atoms with van der Waals surface area (Å²) >= 11 is 0. The number of halogens is 1. The number of rotatable bonds is 5. The van der Waals surface area contributed by atoms with Crippen molar-refractivity contribution in [2.24, 2.45) is 5.92 Å². The molecule has 0 aliphatic carbocycles. The third-order valence-electron chi connectivity index (χ3n) is 4.98. The molecule has 28 heavy (non-hydrogen) atoms. The molecular formula is C22H21FN2O3. The maximum atomic E-state index is 13.3. The smallest absolute Gasteiger partial charge is 0.252 e. The molecule has 5 nitrogen and oxygen atoms in total. The third-order valence-corrected chi connectivity index (χ3v) is 4.98. The molecule has 1 aliphatic rings. The Morgan fingerprint density at radius 2 is 1.96 bits per heavy atom. The van der Waals surface area contributed by atoms with Crippen molar-refractivity contribution in [1.29, 1.82) is 0 Å². The molecule has 0 saturated carbocycles. The fourth-order valence-electron chi connectivity index (χ4n) is 3.54. The van der Waals surface area contributed by atoms with Crippen molar-refractivity contribution in [1.82, 2.24) is 10.5 Å². The van der Waals surface area contributed by atoms with Crippen LogP contribution in [-0.2, 0) is 11.2 Å². The van der Waals surface area contributed by atoms with Gasteiger partial charge in [-0.25, -0.2) is 4.39 Å². The largest absolute Gasteiger partial charge is 0.379 e. The Kier molecular flexibility index (Phi) is 5.21. The summed E-state index contributed by atoms with van der Waals surface area (Å²) in [6, 6.07) is 15.3. The molecule has 144 valence electrons. The van der Waals surface area contributed by atoms with Gasteiger partial charge in [0, 0.05) is 24.0 Å². The molecule has 0 spiro atoms. The molecule has 0 radical (unpaired) electrons. The van der Waals surface area contributed by atoms with Gasteiger partial charge in [0.05, 0.1) is 24.9 Å². The Labute approximate surface area is 162 Å². The standard InChI is InChI=1S/C22H21FN2O3/c1-14-10-18(28-25-14)11-16-12-27-13-21(16)24-22(26)20-5-3-2-4-19(20)15-6-8-17(23)9-7-15/h2-10,16,21H,11-13H2,1H3,(H,24,26). The molecule has 1 aromatic heterocycles. The maximum Gasteiger partial charge on any atom is 0.252 e. The molecular weight excluding hydrogens is 359 g/mol. The maximum absolute atomic E-state index is 13.3. The van der Waals surface area contributed by atoms with Crippen molar-refractivity contribution in [2.75, 3.05) is 13.2 Å². The molecule has 1 fully saturated rings. The minimum absolute atomic E-state index is 0.112. The number of amides is 1. The van der Waals surface area contributed by atoms with Crippen LogP contribution in [0.5, 0.6) is 0 Å². The Bertz CT molecular complexity index is 968. The monoisotopic (exact) mass is 380 g/mol. The molecule has 0 bridgehead atoms. The lowest BCUT2D eigenvalue weighted by atomic mass is 9.96. The van der Waals surface area contributed by atoms with Crippen LogP contribution in [0.1, 0.15) is 21.8 Å². The number of nitrogens with one attached hydrogen (secondary N) is 1. The van der Waals surface area contributed by atoms with E-state index in [9.17, 15) is 9.18 Å². The normalized spacial score (nSPS) is 18.9. The summed E-state index contributed by atoms with van der Waals surface area (Å²) < 4.78 is 24.1. The Hall–Kier alpha value is -2.99. The number of ether oxygens (including phenoxy) is 1. The minimum Gasteiger partial charge on any atom is -0.379 e. The van der Waals surface area contributed by atoms with Gasteiger partial charge in [-0.15, -0.1) is 0 Å². The highest BCUT2D eigenvalue weighted by atomic mass is 19.1. The summed E-state index contributed by atoms with van der Waals surface area (Å²) in [5, 5.41) is 7.01. The molecule has 2 unspecified atom stereocenters. The van der Waals surface area contributed by atoms with Gasteiger partial charge in [0.1, 0.15) is 11.6 Å². The number of hydrogen-bond donors (Lipinski definition) is 1. The predicted octanol–water partition coefficient (Wildman–Crippen LogP) is 3.78. The zero-order valence-electron chi connectivity index (χ0n) is 15.5. The van der Waals surface area contributed by atoms with Crippen molar-refractivity contribution in [3.8, 4) is 11.1 Å². The van der Waals surface area contributed by atoms with E-state index in [0.29, 0.717) is 25.2 Å². The van der Waals surface area contributed by atoms with Crippen LogP contribution in [0.4, 0.5) is 4.39 Å². The second-order valence-electron chi connectivity index (χ2n) is 7.07. The van der Waals surface area contributed by atoms with Gasteiger partial charge in [-0.2, -0.15) is 0 Å². The molecule has 1 N–H and O–H groups in total. The van der Waals surface area contributed by atoms with Gasteiger partial charge < -0.3 is 14.6 Å². The molecule has 6 heteroatoms. The molecule has 1 aliphatic heterocycles. The quantitative estimate of drug-likeness (QED) is 0.732. The van der Waals surface area contributed by atoms with Crippen LogP contribution in [0.25, 0.3) is 11.1 Å². The van der Waals surface area contributed by atoms with Crippen LogP contribution in [0.2, 0.25) is 0 Å². The molecule has 2 atom stereocenters. The second-order valence-corrected chi connectivity index (χ2v) is 7.07. The van der Waals surface area contributed by atoms with Gasteiger partial charge >= 0.3 is 0 Å². The number of nitrogens with zero attached hydrogens (tertiary/aromatic N) is 1. The summed E-state index contributed by atoms with van der Waals surface area (Å²) in [6.45, 7) is 2.90. The summed E-state index contributed by atoms with van der Waals surface area (Å²) in [7, 11) is 0. The summed E-state index contributed by atoms with van der Waals surface area (Å²) in [5.74, 6) is 0.432. The summed E-state index contributed by atoms with van der Waals surface area (Å²) in [5.41, 5.74) is 2.95. The molecule has 4 rings (SSSR count). The van der Waals surface area contributed by atoms with Gasteiger partial charge in [0.15, 0.2) is 0 Å². The average molecular weight is 380 g/mol. The van der Waals surface area contributed by atoms with E-state index in [1.165, 1.54) is 12.1 Å². The van der Waals surface area contributed by atoms with Crippen molar-refractivity contribution < 1.29 is 18.4 Å². The van der Waals surface area contributed by atoms with E-state index >= 15 is 0 Å². The first-order chi connectivity index (χ1) is 13.6. The van der Waals surface area contributed by atoms with Crippen LogP contribution in [-0.4, -0.2) is 30.3 Å². The van der Waals surface area contributed by atoms with Crippen molar-refractivity contribution in [3.63, 3.8) is 0 Å². The minimum atomic E-state index is -0.306. The van der Waals surface area contributed by atoms with Gasteiger partial charge in [-0.1, -0.05) is 35.5 Å². The van der Waals surface area contributed by atoms with Crippen LogP contribution < -0.4 is 5.32 Å². The van der Waals surface area contributed by atoms with Crippen LogP contribution >= 0.6 is 0 Å². The molecule has 1 amide bonds. The zero-order chi connectivity index (χ0) is 19.5. The van der Waals surface area contributed by atoms with Crippen LogP contribution in [0, 0.1) is 18.7 Å². The summed E-state index contributed by atoms with van der Waals surface area (Å²) in [6.07, 6.45) is 0.658. The number of carbonyl (C=O) groups is 1. The topological polar surface area (TPSA) is 64.4 Å². The number of aryl methyl sites for hydroxylation is 1. The third kappa shape index (κ3) is 3.97. The highest BCUT2D eigenvalue weighted by Gasteiger charge is 2.31. The van der Waals surface area contributed by atoms with E-state index in [4.69, 9.17) is 9.26 Å². The number of hydrogen-bond acceptors (Lipinski definition) is 4. The SMILES string of the molecule is Cc1cc(CC2COCC2NC(=O)c2ccccc2-c2ccc(F)cc2)on1. The van der Waals surface area contributed by atoms with Gasteiger partial charge in [0.2, 0.25) is 0 Å². The Morgan fingerprint density at radius 3 is 2.71 bits per heavy atom. The fraction of sp³-hybridized carbons (Fsp3) is 0.273. The van der Waals surface area contributed by atoms with E-state index in [2.05, 4.69) is 10.5 Å². The number of aromatic nitrogens is 1. The summed E-state index contributed by atoms with van der Waals surface area (Å²) in [4.78, 5) is 13.0. The lowest BCUT2D eigenvalue weighted by molar-refractivity contribution is 0.0925. The van der Waals surface area contributed by atoms with Gasteiger partial charge in [-0.3, -0.25) is 4.79 Å². The zero-order valence-corrected chi connectivity index (χ0v) is 15.5. The Balaban J connectivity index is 1.51. The average Bonchev–Trinajstić information content (AvgIpc) is 3.31. The van der Waals surface area contributed by atoms with E-state index in [0.717, 1.165) is 22.6 Å². The predicted molar refractivity (Wildman–Crippen MR) is 102 cm³/mol. The van der Waals surface area contributed by atoms with Crippen molar-refractivity contribution in [2.45, 2.75) is 19.4 Å².